The van der Waals surface area contributed by atoms with Crippen LogP contribution in [-0.4, -0.2) is 28.0 Å². The van der Waals surface area contributed by atoms with Gasteiger partial charge in [-0.15, -0.1) is 0 Å². The average Bonchev–Trinajstić information content (AvgIpc) is 2.26. The molecule has 0 saturated heterocycles. The molecule has 0 bridgehead atoms. The minimum atomic E-state index is -6.68. The maximum atomic E-state index is 13.3. The molecule has 1 rings (SSSR count). The van der Waals surface area contributed by atoms with E-state index in [0.29, 0.717) is 0 Å². The average molecular weight is 307 g/mol. The zero-order valence-electron chi connectivity index (χ0n) is 8.90. The highest BCUT2D eigenvalue weighted by molar-refractivity contribution is 5.86. The molecule has 0 aliphatic rings. The molecule has 1 aromatic rings. The number of aromatic nitrogens is 2. The van der Waals surface area contributed by atoms with Gasteiger partial charge in [0.2, 0.25) is 0 Å². The first-order valence-electron chi connectivity index (χ1n) is 4.46. The van der Waals surface area contributed by atoms with Crippen LogP contribution in [0.3, 0.4) is 0 Å². The van der Waals surface area contributed by atoms with E-state index in [1.165, 1.54) is 0 Å². The van der Waals surface area contributed by atoms with Gasteiger partial charge in [0, 0.05) is 11.8 Å². The van der Waals surface area contributed by atoms with Gasteiger partial charge in [-0.3, -0.25) is 0 Å². The molecular weight excluding hydrogens is 305 g/mol. The molecule has 1 aromatic heterocycles. The highest BCUT2D eigenvalue weighted by Gasteiger charge is 2.74. The number of carboxylic acids is 1. The van der Waals surface area contributed by atoms with Crippen molar-refractivity contribution in [2.24, 2.45) is 0 Å². The smallest absolute Gasteiger partial charge is 0.460 e. The zero-order chi connectivity index (χ0) is 15.9. The summed E-state index contributed by atoms with van der Waals surface area (Å²) in [5, 5.41) is 10.4. The van der Waals surface area contributed by atoms with Gasteiger partial charge in [0.1, 0.15) is 5.69 Å². The van der Waals surface area contributed by atoms with E-state index in [-0.39, 0.29) is 6.20 Å². The topological polar surface area (TPSA) is 85.9 Å². The highest BCUT2D eigenvalue weighted by atomic mass is 19.4. The number of aromatic carboxylic acids is 1. The number of hydrogen-bond donors (Lipinski definition) is 1. The molecule has 0 saturated carbocycles. The predicted octanol–water partition coefficient (Wildman–Crippen LogP) is 0.423. The second-order valence-corrected chi connectivity index (χ2v) is 3.41. The lowest BCUT2D eigenvalue weighted by Gasteiger charge is -2.29. The monoisotopic (exact) mass is 307 g/mol. The number of carbonyl (C=O) groups excluding carboxylic acids is 1. The second kappa shape index (κ2) is 4.45. The number of hydrogen-bond acceptors (Lipinski definition) is 4. The molecule has 0 amide bonds. The Bertz CT molecular complexity index is 592. The number of nitrogens with zero attached hydrogens (tertiary/aromatic N) is 1. The van der Waals surface area contributed by atoms with Crippen LogP contribution >= 0.6 is 0 Å². The molecule has 1 N–H and O–H groups in total. The SMILES string of the molecule is O=C([O-])c1cnc(=O)[nH]c1C(F)(F)C(F)(F)C(F)(F)F. The lowest BCUT2D eigenvalue weighted by atomic mass is 10.0. The maximum absolute atomic E-state index is 13.3. The summed E-state index contributed by atoms with van der Waals surface area (Å²) < 4.78 is 87.9. The Labute approximate surface area is 104 Å². The number of rotatable bonds is 3. The fraction of sp³-hybridized carbons (Fsp3) is 0.375. The van der Waals surface area contributed by atoms with Gasteiger partial charge in [-0.05, 0) is 0 Å². The van der Waals surface area contributed by atoms with Crippen molar-refractivity contribution in [1.29, 1.82) is 0 Å². The number of H-pyrrole nitrogens is 1. The van der Waals surface area contributed by atoms with Crippen molar-refractivity contribution in [3.63, 3.8) is 0 Å². The Kier molecular flexibility index (Phi) is 3.54. The Hall–Kier alpha value is -2.14. The molecule has 0 spiro atoms. The lowest BCUT2D eigenvalue weighted by Crippen LogP contribution is -2.51. The fourth-order valence-corrected chi connectivity index (χ4v) is 1.13. The minimum absolute atomic E-state index is 0.107. The third-order valence-electron chi connectivity index (χ3n) is 2.10. The van der Waals surface area contributed by atoms with E-state index in [1.54, 1.807) is 0 Å². The number of halogens is 7. The van der Waals surface area contributed by atoms with Gasteiger partial charge in [-0.2, -0.15) is 30.7 Å². The van der Waals surface area contributed by atoms with Crippen molar-refractivity contribution in [3.8, 4) is 0 Å². The predicted molar refractivity (Wildman–Crippen MR) is 44.1 cm³/mol. The molecule has 5 nitrogen and oxygen atoms in total. The standard InChI is InChI=1S/C8H3F7N2O3/c9-6(10,7(11,12)8(13,14)15)3-2(4(18)19)1-16-5(20)17-3/h1H,(H,18,19)(H,16,17,20)/p-1. The molecule has 0 aliphatic heterocycles. The summed E-state index contributed by atoms with van der Waals surface area (Å²) in [7, 11) is 0. The van der Waals surface area contributed by atoms with Gasteiger partial charge in [0.05, 0.1) is 5.97 Å². The molecule has 0 aliphatic carbocycles. The van der Waals surface area contributed by atoms with Crippen LogP contribution in [0, 0.1) is 0 Å². The Morgan fingerprint density at radius 3 is 2.05 bits per heavy atom. The highest BCUT2D eigenvalue weighted by Crippen LogP contribution is 2.51. The van der Waals surface area contributed by atoms with E-state index in [0.717, 1.165) is 4.98 Å². The van der Waals surface area contributed by atoms with E-state index in [9.17, 15) is 45.4 Å². The molecule has 1 heterocycles. The van der Waals surface area contributed by atoms with Crippen molar-refractivity contribution < 1.29 is 40.6 Å². The number of nitrogens with one attached hydrogen (secondary N) is 1. The summed E-state index contributed by atoms with van der Waals surface area (Å²) in [5.74, 6) is -15.2. The van der Waals surface area contributed by atoms with Crippen molar-refractivity contribution >= 4 is 5.97 Å². The quantitative estimate of drug-likeness (QED) is 0.820. The zero-order valence-corrected chi connectivity index (χ0v) is 8.90. The van der Waals surface area contributed by atoms with Crippen LogP contribution in [0.4, 0.5) is 30.7 Å². The van der Waals surface area contributed by atoms with Crippen LogP contribution in [0.1, 0.15) is 16.1 Å². The van der Waals surface area contributed by atoms with E-state index >= 15 is 0 Å². The van der Waals surface area contributed by atoms with Crippen LogP contribution in [0.25, 0.3) is 0 Å². The van der Waals surface area contributed by atoms with Crippen LogP contribution in [0.15, 0.2) is 11.0 Å². The van der Waals surface area contributed by atoms with Crippen LogP contribution in [-0.2, 0) is 5.92 Å². The third kappa shape index (κ3) is 2.32. The molecule has 12 heteroatoms. The van der Waals surface area contributed by atoms with Crippen LogP contribution in [0.2, 0.25) is 0 Å². The fourth-order valence-electron chi connectivity index (χ4n) is 1.13. The van der Waals surface area contributed by atoms with Gasteiger partial charge in [0.15, 0.2) is 0 Å². The summed E-state index contributed by atoms with van der Waals surface area (Å²) in [6.07, 6.45) is -6.79. The molecule has 112 valence electrons. The normalized spacial score (nSPS) is 13.3. The van der Waals surface area contributed by atoms with Gasteiger partial charge in [-0.25, -0.2) is 9.78 Å². The first-order valence-corrected chi connectivity index (χ1v) is 4.46. The van der Waals surface area contributed by atoms with Gasteiger partial charge >= 0.3 is 23.7 Å². The first kappa shape index (κ1) is 15.9. The van der Waals surface area contributed by atoms with Crippen molar-refractivity contribution in [3.05, 3.63) is 27.9 Å². The Balaban J connectivity index is 3.62. The first-order chi connectivity index (χ1) is 8.82. The number of carboxylic acid groups (broad SMARTS) is 1. The van der Waals surface area contributed by atoms with Gasteiger partial charge < -0.3 is 14.9 Å². The Morgan fingerprint density at radius 1 is 1.15 bits per heavy atom. The van der Waals surface area contributed by atoms with Gasteiger partial charge in [-0.1, -0.05) is 0 Å². The summed E-state index contributed by atoms with van der Waals surface area (Å²) in [6, 6.07) is 0. The van der Waals surface area contributed by atoms with Crippen molar-refractivity contribution in [2.75, 3.05) is 0 Å². The maximum Gasteiger partial charge on any atom is 0.460 e. The molecule has 0 unspecified atom stereocenters. The summed E-state index contributed by atoms with van der Waals surface area (Å²) in [6.45, 7) is 0. The lowest BCUT2D eigenvalue weighted by molar-refractivity contribution is -0.360. The largest absolute Gasteiger partial charge is 0.545 e. The molecule has 0 fully saturated rings. The van der Waals surface area contributed by atoms with E-state index < -0.39 is 40.9 Å². The molecular formula is C8H2F7N2O3-. The second-order valence-electron chi connectivity index (χ2n) is 3.41. The van der Waals surface area contributed by atoms with E-state index in [1.807, 2.05) is 0 Å². The van der Waals surface area contributed by atoms with E-state index in [4.69, 9.17) is 0 Å². The van der Waals surface area contributed by atoms with Crippen molar-refractivity contribution in [1.82, 2.24) is 9.97 Å². The number of carbonyl (C=O) groups is 1. The number of alkyl halides is 7. The van der Waals surface area contributed by atoms with Crippen LogP contribution < -0.4 is 10.8 Å². The molecule has 20 heavy (non-hydrogen) atoms. The molecule has 0 atom stereocenters. The summed E-state index contributed by atoms with van der Waals surface area (Å²) >= 11 is 0. The number of aromatic amines is 1. The molecule has 0 radical (unpaired) electrons. The van der Waals surface area contributed by atoms with Crippen molar-refractivity contribution in [2.45, 2.75) is 18.0 Å². The van der Waals surface area contributed by atoms with Gasteiger partial charge in [0.25, 0.3) is 0 Å². The third-order valence-corrected chi connectivity index (χ3v) is 2.10. The Morgan fingerprint density at radius 2 is 1.65 bits per heavy atom. The minimum Gasteiger partial charge on any atom is -0.545 e. The molecule has 0 aromatic carbocycles. The van der Waals surface area contributed by atoms with Crippen LogP contribution in [0.5, 0.6) is 0 Å². The summed E-state index contributed by atoms with van der Waals surface area (Å²) in [4.78, 5) is 24.6. The summed E-state index contributed by atoms with van der Waals surface area (Å²) in [5.41, 5.74) is -5.97. The van der Waals surface area contributed by atoms with E-state index in [2.05, 4.69) is 4.98 Å².